The fraction of sp³-hybridized carbons (Fsp3) is 0.0370. The number of hydrogen-bond acceptors (Lipinski definition) is 4. The van der Waals surface area contributed by atoms with E-state index in [1.807, 2.05) is 78.9 Å². The summed E-state index contributed by atoms with van der Waals surface area (Å²) >= 11 is 3.48. The van der Waals surface area contributed by atoms with E-state index in [1.165, 1.54) is 0 Å². The SMILES string of the molecule is C=CCOc1ccc(Br)cc1/C=N/c1oc(-c2ccccc2)c(-c2ccccc2)c1C#N. The first kappa shape index (κ1) is 21.4. The number of ether oxygens (including phenoxy) is 1. The summed E-state index contributed by atoms with van der Waals surface area (Å²) in [6, 6.07) is 27.4. The van der Waals surface area contributed by atoms with Crippen LogP contribution in [-0.2, 0) is 0 Å². The van der Waals surface area contributed by atoms with E-state index in [1.54, 1.807) is 12.3 Å². The van der Waals surface area contributed by atoms with Crippen molar-refractivity contribution < 1.29 is 9.15 Å². The Morgan fingerprint density at radius 3 is 2.34 bits per heavy atom. The molecule has 3 aromatic carbocycles. The first-order chi connectivity index (χ1) is 15.7. The number of halogens is 1. The van der Waals surface area contributed by atoms with Crippen molar-refractivity contribution in [3.63, 3.8) is 0 Å². The van der Waals surface area contributed by atoms with Crippen LogP contribution in [0.2, 0.25) is 0 Å². The number of furan rings is 1. The Kier molecular flexibility index (Phi) is 6.64. The van der Waals surface area contributed by atoms with Crippen molar-refractivity contribution in [1.29, 1.82) is 5.26 Å². The largest absolute Gasteiger partial charge is 0.489 e. The van der Waals surface area contributed by atoms with E-state index in [0.29, 0.717) is 23.7 Å². The Hall–Kier alpha value is -3.88. The average Bonchev–Trinajstić information content (AvgIpc) is 3.22. The van der Waals surface area contributed by atoms with Gasteiger partial charge in [0, 0.05) is 27.4 Å². The monoisotopic (exact) mass is 482 g/mol. The number of aliphatic imine (C=N–C) groups is 1. The second-order valence-electron chi connectivity index (χ2n) is 6.87. The maximum absolute atomic E-state index is 10.0. The topological polar surface area (TPSA) is 58.5 Å². The lowest BCUT2D eigenvalue weighted by Gasteiger charge is -2.07. The standard InChI is InChI=1S/C27H19BrN2O2/c1-2-15-31-24-14-13-22(28)16-21(24)18-30-27-23(17-29)25(19-9-5-3-6-10-19)26(32-27)20-11-7-4-8-12-20/h2-14,16,18H,1,15H2/b30-18+. The highest BCUT2D eigenvalue weighted by Crippen LogP contribution is 2.42. The minimum atomic E-state index is 0.250. The van der Waals surface area contributed by atoms with Crippen molar-refractivity contribution in [3.05, 3.63) is 107 Å². The molecule has 0 bridgehead atoms. The van der Waals surface area contributed by atoms with Crippen LogP contribution in [-0.4, -0.2) is 12.8 Å². The van der Waals surface area contributed by atoms with Gasteiger partial charge in [0.15, 0.2) is 0 Å². The van der Waals surface area contributed by atoms with Crippen molar-refractivity contribution in [3.8, 4) is 34.3 Å². The molecule has 4 nitrogen and oxygen atoms in total. The molecule has 0 amide bonds. The Morgan fingerprint density at radius 2 is 1.69 bits per heavy atom. The highest BCUT2D eigenvalue weighted by Gasteiger charge is 2.22. The Morgan fingerprint density at radius 1 is 1.00 bits per heavy atom. The summed E-state index contributed by atoms with van der Waals surface area (Å²) in [5.74, 6) is 1.52. The van der Waals surface area contributed by atoms with Crippen LogP contribution in [0.5, 0.6) is 5.75 Å². The van der Waals surface area contributed by atoms with Crippen LogP contribution in [0.25, 0.3) is 22.5 Å². The second-order valence-corrected chi connectivity index (χ2v) is 7.79. The number of hydrogen-bond donors (Lipinski definition) is 0. The molecule has 0 unspecified atom stereocenters. The fourth-order valence-corrected chi connectivity index (χ4v) is 3.69. The first-order valence-electron chi connectivity index (χ1n) is 9.96. The minimum absolute atomic E-state index is 0.250. The van der Waals surface area contributed by atoms with Crippen molar-refractivity contribution in [2.24, 2.45) is 4.99 Å². The summed E-state index contributed by atoms with van der Waals surface area (Å²) in [6.45, 7) is 4.07. The molecule has 1 aromatic heterocycles. The van der Waals surface area contributed by atoms with Gasteiger partial charge in [0.25, 0.3) is 0 Å². The maximum Gasteiger partial charge on any atom is 0.238 e. The molecule has 32 heavy (non-hydrogen) atoms. The molecule has 0 atom stereocenters. The van der Waals surface area contributed by atoms with Gasteiger partial charge in [-0.3, -0.25) is 0 Å². The molecule has 4 aromatic rings. The van der Waals surface area contributed by atoms with Crippen molar-refractivity contribution in [2.75, 3.05) is 6.61 Å². The Bertz CT molecular complexity index is 1300. The van der Waals surface area contributed by atoms with E-state index in [0.717, 1.165) is 26.7 Å². The molecule has 0 spiro atoms. The molecular formula is C27H19BrN2O2. The average molecular weight is 483 g/mol. The molecule has 1 heterocycles. The van der Waals surface area contributed by atoms with Gasteiger partial charge in [-0.2, -0.15) is 5.26 Å². The Balaban J connectivity index is 1.85. The van der Waals surface area contributed by atoms with Crippen molar-refractivity contribution in [2.45, 2.75) is 0 Å². The third-order valence-electron chi connectivity index (χ3n) is 4.75. The van der Waals surface area contributed by atoms with Gasteiger partial charge in [0.05, 0.1) is 0 Å². The van der Waals surface area contributed by atoms with Crippen LogP contribution in [0, 0.1) is 11.3 Å². The number of benzene rings is 3. The smallest absolute Gasteiger partial charge is 0.238 e. The maximum atomic E-state index is 10.0. The van der Waals surface area contributed by atoms with Gasteiger partial charge in [0.2, 0.25) is 5.88 Å². The third kappa shape index (κ3) is 4.56. The lowest BCUT2D eigenvalue weighted by atomic mass is 9.98. The lowest BCUT2D eigenvalue weighted by Crippen LogP contribution is -1.96. The molecule has 0 N–H and O–H groups in total. The van der Waals surface area contributed by atoms with Gasteiger partial charge in [-0.15, -0.1) is 0 Å². The minimum Gasteiger partial charge on any atom is -0.489 e. The van der Waals surface area contributed by atoms with Crippen LogP contribution < -0.4 is 4.74 Å². The van der Waals surface area contributed by atoms with Gasteiger partial charge < -0.3 is 9.15 Å². The van der Waals surface area contributed by atoms with Crippen molar-refractivity contribution >= 4 is 28.0 Å². The summed E-state index contributed by atoms with van der Waals surface area (Å²) < 4.78 is 12.8. The van der Waals surface area contributed by atoms with Crippen LogP contribution in [0.1, 0.15) is 11.1 Å². The molecule has 0 aliphatic rings. The summed E-state index contributed by atoms with van der Waals surface area (Å²) in [4.78, 5) is 4.55. The van der Waals surface area contributed by atoms with Gasteiger partial charge in [-0.1, -0.05) is 89.2 Å². The predicted molar refractivity (Wildman–Crippen MR) is 131 cm³/mol. The van der Waals surface area contributed by atoms with E-state index < -0.39 is 0 Å². The van der Waals surface area contributed by atoms with Crippen LogP contribution in [0.3, 0.4) is 0 Å². The molecule has 0 saturated carbocycles. The number of nitriles is 1. The van der Waals surface area contributed by atoms with Crippen LogP contribution in [0.4, 0.5) is 5.88 Å². The molecule has 0 aliphatic heterocycles. The fourth-order valence-electron chi connectivity index (χ4n) is 3.32. The first-order valence-corrected chi connectivity index (χ1v) is 10.8. The van der Waals surface area contributed by atoms with E-state index in [-0.39, 0.29) is 5.88 Å². The zero-order chi connectivity index (χ0) is 22.3. The quantitative estimate of drug-likeness (QED) is 0.201. The molecule has 4 rings (SSSR count). The summed E-state index contributed by atoms with van der Waals surface area (Å²) in [7, 11) is 0. The molecule has 0 fully saturated rings. The van der Waals surface area contributed by atoms with Crippen LogP contribution >= 0.6 is 15.9 Å². The lowest BCUT2D eigenvalue weighted by molar-refractivity contribution is 0.362. The van der Waals surface area contributed by atoms with E-state index in [2.05, 4.69) is 33.6 Å². The summed E-state index contributed by atoms with van der Waals surface area (Å²) in [6.07, 6.45) is 3.33. The molecular weight excluding hydrogens is 464 g/mol. The molecule has 156 valence electrons. The van der Waals surface area contributed by atoms with Gasteiger partial charge in [-0.25, -0.2) is 4.99 Å². The van der Waals surface area contributed by atoms with Gasteiger partial charge in [-0.05, 0) is 23.8 Å². The molecule has 0 saturated heterocycles. The normalized spacial score (nSPS) is 10.8. The van der Waals surface area contributed by atoms with E-state index in [4.69, 9.17) is 9.15 Å². The highest BCUT2D eigenvalue weighted by molar-refractivity contribution is 9.10. The zero-order valence-electron chi connectivity index (χ0n) is 17.2. The molecule has 0 radical (unpaired) electrons. The second kappa shape index (κ2) is 9.95. The van der Waals surface area contributed by atoms with Gasteiger partial charge in [0.1, 0.15) is 29.7 Å². The summed E-state index contributed by atoms with van der Waals surface area (Å²) in [5.41, 5.74) is 3.63. The Labute approximate surface area is 195 Å². The third-order valence-corrected chi connectivity index (χ3v) is 5.24. The molecule has 5 heteroatoms. The van der Waals surface area contributed by atoms with E-state index >= 15 is 0 Å². The summed E-state index contributed by atoms with van der Waals surface area (Å²) in [5, 5.41) is 10.0. The highest BCUT2D eigenvalue weighted by atomic mass is 79.9. The predicted octanol–water partition coefficient (Wildman–Crippen LogP) is 7.56. The van der Waals surface area contributed by atoms with Gasteiger partial charge >= 0.3 is 0 Å². The molecule has 0 aliphatic carbocycles. The van der Waals surface area contributed by atoms with E-state index in [9.17, 15) is 5.26 Å². The zero-order valence-corrected chi connectivity index (χ0v) is 18.7. The number of rotatable bonds is 7. The number of nitrogens with zero attached hydrogens (tertiary/aromatic N) is 2. The van der Waals surface area contributed by atoms with Crippen LogP contribution in [0.15, 0.2) is 105 Å². The van der Waals surface area contributed by atoms with Crippen molar-refractivity contribution in [1.82, 2.24) is 0 Å².